The molecule has 0 unspecified atom stereocenters. The topological polar surface area (TPSA) is 9.23 Å². The molecule has 0 amide bonds. The van der Waals surface area contributed by atoms with Gasteiger partial charge in [-0.15, -0.1) is 0 Å². The maximum Gasteiger partial charge on any atom is 0.0468 e. The van der Waals surface area contributed by atoms with Crippen molar-refractivity contribution in [1.29, 1.82) is 0 Å². The molecule has 0 aliphatic heterocycles. The van der Waals surface area contributed by atoms with E-state index in [2.05, 4.69) is 41.5 Å². The highest BCUT2D eigenvalue weighted by molar-refractivity contribution is 4.45. The van der Waals surface area contributed by atoms with Crippen molar-refractivity contribution in [3.63, 3.8) is 0 Å². The second kappa shape index (κ2) is 15.0. The molecule has 16 heavy (non-hydrogen) atoms. The summed E-state index contributed by atoms with van der Waals surface area (Å²) in [5.74, 6) is 1.54. The van der Waals surface area contributed by atoms with Crippen molar-refractivity contribution in [2.24, 2.45) is 11.8 Å². The lowest BCUT2D eigenvalue weighted by atomic mass is 10.1. The Kier molecular flexibility index (Phi) is 17.1. The van der Waals surface area contributed by atoms with Crippen molar-refractivity contribution in [2.45, 2.75) is 73.6 Å². The summed E-state index contributed by atoms with van der Waals surface area (Å²) in [4.78, 5) is 0. The van der Waals surface area contributed by atoms with Crippen LogP contribution in [-0.4, -0.2) is 13.2 Å². The number of unbranched alkanes of at least 4 members (excludes halogenated alkanes) is 2. The van der Waals surface area contributed by atoms with Crippen molar-refractivity contribution in [2.75, 3.05) is 13.2 Å². The largest absolute Gasteiger partial charge is 0.381 e. The standard InChI is InChI=1S/C10H22O.C5H12/c1-9(2)5-7-11-8-6-10(3)4;1-3-5-4-2/h9-10H,5-8H2,1-4H3;3-5H2,1-2H3. The van der Waals surface area contributed by atoms with Crippen LogP contribution >= 0.6 is 0 Å². The third kappa shape index (κ3) is 23.6. The fourth-order valence-corrected chi connectivity index (χ4v) is 1.09. The summed E-state index contributed by atoms with van der Waals surface area (Å²) in [6.07, 6.45) is 6.46. The molecule has 0 radical (unpaired) electrons. The number of rotatable bonds is 8. The van der Waals surface area contributed by atoms with Gasteiger partial charge in [-0.1, -0.05) is 60.8 Å². The molecule has 0 aliphatic rings. The third-order valence-electron chi connectivity index (χ3n) is 2.39. The van der Waals surface area contributed by atoms with Gasteiger partial charge in [-0.2, -0.15) is 0 Å². The van der Waals surface area contributed by atoms with Crippen LogP contribution in [0.4, 0.5) is 0 Å². The van der Waals surface area contributed by atoms with E-state index in [9.17, 15) is 0 Å². The molecular formula is C15H34O. The number of hydrogen-bond acceptors (Lipinski definition) is 1. The molecule has 0 aromatic heterocycles. The average molecular weight is 230 g/mol. The highest BCUT2D eigenvalue weighted by atomic mass is 16.5. The predicted molar refractivity (Wildman–Crippen MR) is 74.9 cm³/mol. The van der Waals surface area contributed by atoms with Crippen LogP contribution in [0.25, 0.3) is 0 Å². The van der Waals surface area contributed by atoms with Gasteiger partial charge in [-0.05, 0) is 24.7 Å². The van der Waals surface area contributed by atoms with E-state index in [1.807, 2.05) is 0 Å². The van der Waals surface area contributed by atoms with Crippen molar-refractivity contribution in [3.8, 4) is 0 Å². The van der Waals surface area contributed by atoms with Gasteiger partial charge in [-0.25, -0.2) is 0 Å². The van der Waals surface area contributed by atoms with Gasteiger partial charge in [0, 0.05) is 13.2 Å². The van der Waals surface area contributed by atoms with E-state index in [-0.39, 0.29) is 0 Å². The molecular weight excluding hydrogens is 196 g/mol. The molecule has 0 aromatic carbocycles. The molecule has 0 N–H and O–H groups in total. The number of ether oxygens (including phenoxy) is 1. The first-order chi connectivity index (χ1) is 7.54. The van der Waals surface area contributed by atoms with Gasteiger partial charge in [0.2, 0.25) is 0 Å². The maximum absolute atomic E-state index is 5.46. The normalized spacial score (nSPS) is 10.5. The average Bonchev–Trinajstić information content (AvgIpc) is 2.18. The van der Waals surface area contributed by atoms with Gasteiger partial charge in [0.25, 0.3) is 0 Å². The minimum absolute atomic E-state index is 0.772. The molecule has 0 saturated heterocycles. The minimum atomic E-state index is 0.772. The van der Waals surface area contributed by atoms with Crippen molar-refractivity contribution >= 4 is 0 Å². The van der Waals surface area contributed by atoms with Crippen LogP contribution in [0.1, 0.15) is 73.6 Å². The van der Waals surface area contributed by atoms with Crippen molar-refractivity contribution in [1.82, 2.24) is 0 Å². The maximum atomic E-state index is 5.46. The van der Waals surface area contributed by atoms with Gasteiger partial charge in [0.1, 0.15) is 0 Å². The van der Waals surface area contributed by atoms with Gasteiger partial charge in [0.05, 0.1) is 0 Å². The Balaban J connectivity index is 0. The predicted octanol–water partition coefficient (Wildman–Crippen LogP) is 5.29. The molecule has 0 heterocycles. The molecule has 0 spiro atoms. The van der Waals surface area contributed by atoms with E-state index in [4.69, 9.17) is 4.74 Å². The van der Waals surface area contributed by atoms with Crippen LogP contribution in [0.2, 0.25) is 0 Å². The van der Waals surface area contributed by atoms with Crippen LogP contribution in [0.15, 0.2) is 0 Å². The fraction of sp³-hybridized carbons (Fsp3) is 1.00. The van der Waals surface area contributed by atoms with Gasteiger partial charge in [0.15, 0.2) is 0 Å². The molecule has 0 saturated carbocycles. The SMILES string of the molecule is CC(C)CCOCCC(C)C.CCCCC. The zero-order valence-electron chi connectivity index (χ0n) is 12.5. The Labute approximate surface area is 104 Å². The molecule has 0 bridgehead atoms. The Morgan fingerprint density at radius 2 is 1.12 bits per heavy atom. The van der Waals surface area contributed by atoms with Gasteiger partial charge < -0.3 is 4.74 Å². The third-order valence-corrected chi connectivity index (χ3v) is 2.39. The highest BCUT2D eigenvalue weighted by Crippen LogP contribution is 2.02. The van der Waals surface area contributed by atoms with Crippen molar-refractivity contribution < 1.29 is 4.74 Å². The zero-order chi connectivity index (χ0) is 12.8. The molecule has 0 fully saturated rings. The second-order valence-electron chi connectivity index (χ2n) is 5.33. The Bertz CT molecular complexity index is 96.0. The lowest BCUT2D eigenvalue weighted by Crippen LogP contribution is -2.02. The van der Waals surface area contributed by atoms with Crippen molar-refractivity contribution in [3.05, 3.63) is 0 Å². The van der Waals surface area contributed by atoms with Crippen LogP contribution in [0.5, 0.6) is 0 Å². The van der Waals surface area contributed by atoms with Crippen LogP contribution in [0.3, 0.4) is 0 Å². The smallest absolute Gasteiger partial charge is 0.0468 e. The molecule has 100 valence electrons. The highest BCUT2D eigenvalue weighted by Gasteiger charge is 1.95. The van der Waals surface area contributed by atoms with Crippen LogP contribution < -0.4 is 0 Å². The first-order valence-electron chi connectivity index (χ1n) is 7.12. The Morgan fingerprint density at radius 3 is 1.31 bits per heavy atom. The summed E-state index contributed by atoms with van der Waals surface area (Å²) in [5, 5.41) is 0. The summed E-state index contributed by atoms with van der Waals surface area (Å²) in [7, 11) is 0. The summed E-state index contributed by atoms with van der Waals surface area (Å²) < 4.78 is 5.46. The fourth-order valence-electron chi connectivity index (χ4n) is 1.09. The molecule has 1 nitrogen and oxygen atoms in total. The van der Waals surface area contributed by atoms with E-state index in [1.165, 1.54) is 32.1 Å². The van der Waals surface area contributed by atoms with E-state index in [1.54, 1.807) is 0 Å². The van der Waals surface area contributed by atoms with E-state index < -0.39 is 0 Å². The Morgan fingerprint density at radius 1 is 0.750 bits per heavy atom. The lowest BCUT2D eigenvalue weighted by molar-refractivity contribution is 0.114. The van der Waals surface area contributed by atoms with Gasteiger partial charge >= 0.3 is 0 Å². The minimum Gasteiger partial charge on any atom is -0.381 e. The molecule has 0 aromatic rings. The summed E-state index contributed by atoms with van der Waals surface area (Å²) >= 11 is 0. The molecule has 1 heteroatoms. The molecule has 0 rings (SSSR count). The molecule has 0 aliphatic carbocycles. The van der Waals surface area contributed by atoms with E-state index >= 15 is 0 Å². The first kappa shape index (κ1) is 18.3. The van der Waals surface area contributed by atoms with Crippen LogP contribution in [-0.2, 0) is 4.74 Å². The van der Waals surface area contributed by atoms with Crippen LogP contribution in [0, 0.1) is 11.8 Å². The van der Waals surface area contributed by atoms with Gasteiger partial charge in [-0.3, -0.25) is 0 Å². The Hall–Kier alpha value is -0.0400. The quantitative estimate of drug-likeness (QED) is 0.515. The molecule has 0 atom stereocenters. The summed E-state index contributed by atoms with van der Waals surface area (Å²) in [5.41, 5.74) is 0. The monoisotopic (exact) mass is 230 g/mol. The lowest BCUT2D eigenvalue weighted by Gasteiger charge is -2.07. The summed E-state index contributed by atoms with van der Waals surface area (Å²) in [6.45, 7) is 15.2. The summed E-state index contributed by atoms with van der Waals surface area (Å²) in [6, 6.07) is 0. The second-order valence-corrected chi connectivity index (χ2v) is 5.33. The van der Waals surface area contributed by atoms with E-state index in [0.29, 0.717) is 0 Å². The first-order valence-corrected chi connectivity index (χ1v) is 7.12. The number of hydrogen-bond donors (Lipinski definition) is 0. The van der Waals surface area contributed by atoms with E-state index in [0.717, 1.165) is 25.0 Å². The zero-order valence-corrected chi connectivity index (χ0v) is 12.5.